The fourth-order valence-corrected chi connectivity index (χ4v) is 0.573. The summed E-state index contributed by atoms with van der Waals surface area (Å²) in [5.74, 6) is 0. The van der Waals surface area contributed by atoms with Gasteiger partial charge < -0.3 is 9.84 Å². The van der Waals surface area contributed by atoms with Crippen molar-refractivity contribution in [1.82, 2.24) is 0 Å². The van der Waals surface area contributed by atoms with Gasteiger partial charge in [-0.2, -0.15) is 8.42 Å². The summed E-state index contributed by atoms with van der Waals surface area (Å²) in [5.41, 5.74) is -1.26. The fraction of sp³-hybridized carbons (Fsp3) is 1.00. The molecule has 0 rings (SSSR count). The van der Waals surface area contributed by atoms with Crippen LogP contribution in [0, 0.1) is 0 Å². The Morgan fingerprint density at radius 1 is 1.60 bits per heavy atom. The van der Waals surface area contributed by atoms with E-state index >= 15 is 0 Å². The van der Waals surface area contributed by atoms with Crippen LogP contribution in [0.5, 0.6) is 0 Å². The van der Waals surface area contributed by atoms with E-state index in [2.05, 4.69) is 4.74 Å². The molecular weight excluding hydrogens is 160 g/mol. The van der Waals surface area contributed by atoms with Gasteiger partial charge in [0.2, 0.25) is 0 Å². The molecule has 2 N–H and O–H groups in total. The van der Waals surface area contributed by atoms with Gasteiger partial charge in [0.15, 0.2) is 5.44 Å². The predicted molar refractivity (Wildman–Crippen MR) is 34.0 cm³/mol. The van der Waals surface area contributed by atoms with Gasteiger partial charge in [0.1, 0.15) is 0 Å². The molecule has 0 aromatic rings. The summed E-state index contributed by atoms with van der Waals surface area (Å²) in [7, 11) is -4.11. The van der Waals surface area contributed by atoms with Crippen molar-refractivity contribution in [3.8, 4) is 0 Å². The summed E-state index contributed by atoms with van der Waals surface area (Å²) in [6.45, 7) is 0.825. The van der Waals surface area contributed by atoms with Crippen LogP contribution in [0.15, 0.2) is 0 Å². The van der Waals surface area contributed by atoms with Crippen LogP contribution in [-0.2, 0) is 14.9 Å². The molecule has 0 aromatic heterocycles. The van der Waals surface area contributed by atoms with Crippen molar-refractivity contribution in [3.63, 3.8) is 0 Å². The molecule has 0 saturated heterocycles. The third-order valence-electron chi connectivity index (χ3n) is 0.863. The first-order chi connectivity index (χ1) is 4.48. The molecule has 1 atom stereocenters. The molecule has 0 bridgehead atoms. The predicted octanol–water partition coefficient (Wildman–Crippen LogP) is -0.771. The van der Waals surface area contributed by atoms with E-state index in [1.165, 1.54) is 6.92 Å². The molecule has 62 valence electrons. The van der Waals surface area contributed by atoms with Gasteiger partial charge in [0.05, 0.1) is 13.2 Å². The summed E-state index contributed by atoms with van der Waals surface area (Å²) < 4.78 is 33.1. The highest BCUT2D eigenvalue weighted by molar-refractivity contribution is 7.86. The van der Waals surface area contributed by atoms with E-state index in [1.54, 1.807) is 0 Å². The van der Waals surface area contributed by atoms with E-state index in [4.69, 9.17) is 9.66 Å². The van der Waals surface area contributed by atoms with Crippen LogP contribution in [0.2, 0.25) is 0 Å². The van der Waals surface area contributed by atoms with Crippen LogP contribution in [0.1, 0.15) is 6.92 Å². The minimum Gasteiger partial charge on any atom is -0.394 e. The molecule has 0 amide bonds. The standard InChI is InChI=1S/C4H10O5S/c1-4(9-3-2-5)10(6,7)8/h4-5H,2-3H2,1H3,(H,6,7,8). The first kappa shape index (κ1) is 9.83. The van der Waals surface area contributed by atoms with E-state index in [9.17, 15) is 8.42 Å². The zero-order valence-electron chi connectivity index (χ0n) is 5.52. The number of hydrogen-bond acceptors (Lipinski definition) is 4. The SMILES string of the molecule is CC(OCCO)S(=O)(=O)O. The van der Waals surface area contributed by atoms with Gasteiger partial charge in [0.25, 0.3) is 10.1 Å². The van der Waals surface area contributed by atoms with Crippen LogP contribution in [0.3, 0.4) is 0 Å². The molecule has 0 saturated carbocycles. The highest BCUT2D eigenvalue weighted by Crippen LogP contribution is 1.97. The molecular formula is C4H10O5S. The zero-order valence-corrected chi connectivity index (χ0v) is 6.34. The molecule has 5 nitrogen and oxygen atoms in total. The van der Waals surface area contributed by atoms with Crippen molar-refractivity contribution in [2.24, 2.45) is 0 Å². The summed E-state index contributed by atoms with van der Waals surface area (Å²) >= 11 is 0. The lowest BCUT2D eigenvalue weighted by Crippen LogP contribution is -2.21. The summed E-state index contributed by atoms with van der Waals surface area (Å²) in [6.07, 6.45) is 0. The van der Waals surface area contributed by atoms with Gasteiger partial charge in [-0.05, 0) is 6.92 Å². The van der Waals surface area contributed by atoms with E-state index in [0.717, 1.165) is 0 Å². The third-order valence-corrected chi connectivity index (χ3v) is 1.84. The fourth-order valence-electron chi connectivity index (χ4n) is 0.305. The van der Waals surface area contributed by atoms with Gasteiger partial charge in [-0.25, -0.2) is 0 Å². The summed E-state index contributed by atoms with van der Waals surface area (Å²) in [5, 5.41) is 8.18. The summed E-state index contributed by atoms with van der Waals surface area (Å²) in [4.78, 5) is 0. The molecule has 0 aliphatic carbocycles. The lowest BCUT2D eigenvalue weighted by Gasteiger charge is -2.07. The molecule has 1 unspecified atom stereocenters. The maximum atomic E-state index is 10.2. The monoisotopic (exact) mass is 170 g/mol. The average Bonchev–Trinajstić information content (AvgIpc) is 1.80. The zero-order chi connectivity index (χ0) is 8.20. The lowest BCUT2D eigenvalue weighted by atomic mass is 10.7. The van der Waals surface area contributed by atoms with E-state index in [-0.39, 0.29) is 13.2 Å². The normalized spacial score (nSPS) is 15.1. The van der Waals surface area contributed by atoms with Crippen LogP contribution in [-0.4, -0.2) is 36.7 Å². The highest BCUT2D eigenvalue weighted by atomic mass is 32.2. The minimum atomic E-state index is -4.11. The Morgan fingerprint density at radius 2 is 2.10 bits per heavy atom. The Labute approximate surface area is 59.4 Å². The highest BCUT2D eigenvalue weighted by Gasteiger charge is 2.16. The van der Waals surface area contributed by atoms with Crippen molar-refractivity contribution in [2.75, 3.05) is 13.2 Å². The first-order valence-electron chi connectivity index (χ1n) is 2.67. The molecule has 10 heavy (non-hydrogen) atoms. The average molecular weight is 170 g/mol. The van der Waals surface area contributed by atoms with Gasteiger partial charge in [-0.3, -0.25) is 4.55 Å². The Bertz CT molecular complexity index is 172. The van der Waals surface area contributed by atoms with Gasteiger partial charge in [-0.15, -0.1) is 0 Å². The Balaban J connectivity index is 3.75. The molecule has 0 aliphatic rings. The number of hydrogen-bond donors (Lipinski definition) is 2. The second-order valence-electron chi connectivity index (χ2n) is 1.68. The first-order valence-corrected chi connectivity index (χ1v) is 4.17. The molecule has 0 fully saturated rings. The van der Waals surface area contributed by atoms with E-state index in [0.29, 0.717) is 0 Å². The second kappa shape index (κ2) is 3.87. The molecule has 0 spiro atoms. The molecule has 0 radical (unpaired) electrons. The number of aliphatic hydroxyl groups is 1. The molecule has 0 aliphatic heterocycles. The summed E-state index contributed by atoms with van der Waals surface area (Å²) in [6, 6.07) is 0. The van der Waals surface area contributed by atoms with Crippen molar-refractivity contribution in [2.45, 2.75) is 12.4 Å². The lowest BCUT2D eigenvalue weighted by molar-refractivity contribution is 0.0749. The molecule has 0 heterocycles. The van der Waals surface area contributed by atoms with Crippen LogP contribution < -0.4 is 0 Å². The topological polar surface area (TPSA) is 83.8 Å². The van der Waals surface area contributed by atoms with Gasteiger partial charge in [0, 0.05) is 0 Å². The maximum Gasteiger partial charge on any atom is 0.291 e. The number of ether oxygens (including phenoxy) is 1. The van der Waals surface area contributed by atoms with E-state index in [1.807, 2.05) is 0 Å². The quantitative estimate of drug-likeness (QED) is 0.541. The van der Waals surface area contributed by atoms with Gasteiger partial charge in [-0.1, -0.05) is 0 Å². The minimum absolute atomic E-state index is 0.0963. The Kier molecular flexibility index (Phi) is 3.80. The largest absolute Gasteiger partial charge is 0.394 e. The van der Waals surface area contributed by atoms with Crippen molar-refractivity contribution < 1.29 is 22.8 Å². The smallest absolute Gasteiger partial charge is 0.291 e. The van der Waals surface area contributed by atoms with Crippen molar-refractivity contribution >= 4 is 10.1 Å². The van der Waals surface area contributed by atoms with E-state index < -0.39 is 15.6 Å². The number of rotatable bonds is 4. The van der Waals surface area contributed by atoms with Gasteiger partial charge >= 0.3 is 0 Å². The van der Waals surface area contributed by atoms with Crippen molar-refractivity contribution in [1.29, 1.82) is 0 Å². The van der Waals surface area contributed by atoms with Crippen molar-refractivity contribution in [3.05, 3.63) is 0 Å². The van der Waals surface area contributed by atoms with Crippen LogP contribution in [0.25, 0.3) is 0 Å². The van der Waals surface area contributed by atoms with Crippen LogP contribution >= 0.6 is 0 Å². The Morgan fingerprint density at radius 3 is 2.40 bits per heavy atom. The number of aliphatic hydroxyl groups excluding tert-OH is 1. The Hall–Kier alpha value is -0.170. The third kappa shape index (κ3) is 3.78. The maximum absolute atomic E-state index is 10.2. The van der Waals surface area contributed by atoms with Crippen LogP contribution in [0.4, 0.5) is 0 Å². The molecule has 0 aromatic carbocycles. The second-order valence-corrected chi connectivity index (χ2v) is 3.37. The molecule has 6 heteroatoms.